The molecule has 0 unspecified atom stereocenters. The second kappa shape index (κ2) is 8.27. The molecule has 0 bridgehead atoms. The van der Waals surface area contributed by atoms with Crippen molar-refractivity contribution in [3.05, 3.63) is 62.7 Å². The van der Waals surface area contributed by atoms with E-state index in [0.717, 1.165) is 29.2 Å². The van der Waals surface area contributed by atoms with Crippen LogP contribution in [-0.2, 0) is 22.8 Å². The Balaban J connectivity index is 1.32. The van der Waals surface area contributed by atoms with Gasteiger partial charge < -0.3 is 9.94 Å². The summed E-state index contributed by atoms with van der Waals surface area (Å²) < 4.78 is 36.4. The normalized spacial score (nSPS) is 19.9. The number of thiophene rings is 1. The predicted octanol–water partition coefficient (Wildman–Crippen LogP) is 4.37. The maximum absolute atomic E-state index is 14.4. The van der Waals surface area contributed by atoms with Crippen LogP contribution in [-0.4, -0.2) is 50.8 Å². The molecule has 10 heteroatoms. The lowest BCUT2D eigenvalue weighted by atomic mass is 9.84. The maximum atomic E-state index is 14.4. The van der Waals surface area contributed by atoms with Crippen LogP contribution in [0.25, 0.3) is 5.82 Å². The Bertz CT molecular complexity index is 1200. The van der Waals surface area contributed by atoms with Crippen LogP contribution in [0, 0.1) is 13.8 Å². The van der Waals surface area contributed by atoms with Gasteiger partial charge in [0.1, 0.15) is 12.2 Å². The molecular weight excluding hydrogens is 448 g/mol. The molecule has 0 aliphatic carbocycles. The van der Waals surface area contributed by atoms with Crippen LogP contribution in [0.3, 0.4) is 0 Å². The molecule has 0 aromatic carbocycles. The first-order chi connectivity index (χ1) is 15.8. The lowest BCUT2D eigenvalue weighted by Gasteiger charge is -2.45. The highest BCUT2D eigenvalue weighted by Gasteiger charge is 2.51. The van der Waals surface area contributed by atoms with Gasteiger partial charge in [0.15, 0.2) is 5.82 Å². The van der Waals surface area contributed by atoms with E-state index >= 15 is 0 Å². The van der Waals surface area contributed by atoms with E-state index in [4.69, 9.17) is 9.94 Å². The number of aryl methyl sites for hydroxylation is 2. The van der Waals surface area contributed by atoms with Gasteiger partial charge in [-0.1, -0.05) is 5.16 Å². The van der Waals surface area contributed by atoms with Gasteiger partial charge in [0.2, 0.25) is 0 Å². The molecule has 2 aliphatic rings. The van der Waals surface area contributed by atoms with E-state index in [9.17, 15) is 8.78 Å². The average Bonchev–Trinajstić information content (AvgIpc) is 3.37. The van der Waals surface area contributed by atoms with Crippen molar-refractivity contribution in [2.75, 3.05) is 19.7 Å². The van der Waals surface area contributed by atoms with Crippen LogP contribution in [0.1, 0.15) is 45.0 Å². The standard InChI is InChI=1S/C23H25F2N5O2S/c1-15-10-19-20(33-15)22(32-14-23(19,24)25)5-8-29(9-6-22)12-18-13-30(28-16(18)2)21-17(11-27-31)4-3-7-26-21/h3-4,7,10-11,13,31H,5-6,8-9,12,14H2,1-2H3/b27-11-. The van der Waals surface area contributed by atoms with Crippen LogP contribution in [0.2, 0.25) is 0 Å². The van der Waals surface area contributed by atoms with Gasteiger partial charge >= 0.3 is 0 Å². The third kappa shape index (κ3) is 3.96. The smallest absolute Gasteiger partial charge is 0.297 e. The molecule has 3 aromatic rings. The number of fused-ring (bicyclic) bond motifs is 2. The zero-order valence-electron chi connectivity index (χ0n) is 18.5. The van der Waals surface area contributed by atoms with E-state index in [1.54, 1.807) is 29.1 Å². The predicted molar refractivity (Wildman–Crippen MR) is 121 cm³/mol. The minimum atomic E-state index is -2.92. The molecule has 1 saturated heterocycles. The lowest BCUT2D eigenvalue weighted by Crippen LogP contribution is -2.48. The Morgan fingerprint density at radius 3 is 2.85 bits per heavy atom. The number of pyridine rings is 1. The summed E-state index contributed by atoms with van der Waals surface area (Å²) in [5.41, 5.74) is 2.14. The van der Waals surface area contributed by atoms with Crippen LogP contribution < -0.4 is 0 Å². The van der Waals surface area contributed by atoms with E-state index in [0.29, 0.717) is 35.6 Å². The van der Waals surface area contributed by atoms with E-state index < -0.39 is 18.1 Å². The minimum absolute atomic E-state index is 0.152. The van der Waals surface area contributed by atoms with Crippen molar-refractivity contribution < 1.29 is 18.7 Å². The number of aromatic nitrogens is 3. The largest absolute Gasteiger partial charge is 0.411 e. The highest BCUT2D eigenvalue weighted by atomic mass is 32.1. The molecule has 1 N–H and O–H groups in total. The monoisotopic (exact) mass is 473 g/mol. The fourth-order valence-corrected chi connectivity index (χ4v) is 5.97. The highest BCUT2D eigenvalue weighted by molar-refractivity contribution is 7.12. The molecule has 1 fully saturated rings. The van der Waals surface area contributed by atoms with Crippen molar-refractivity contribution >= 4 is 17.6 Å². The molecule has 5 heterocycles. The molecule has 0 saturated carbocycles. The van der Waals surface area contributed by atoms with Crippen molar-refractivity contribution in [1.29, 1.82) is 0 Å². The SMILES string of the molecule is Cc1cc2c(s1)C1(CCN(Cc3cn(-c4ncccc4/C=N\O)nc3C)CC1)OCC2(F)F. The van der Waals surface area contributed by atoms with E-state index in [2.05, 4.69) is 20.1 Å². The molecule has 174 valence electrons. The summed E-state index contributed by atoms with van der Waals surface area (Å²) >= 11 is 1.44. The van der Waals surface area contributed by atoms with Crippen molar-refractivity contribution in [1.82, 2.24) is 19.7 Å². The van der Waals surface area contributed by atoms with Gasteiger partial charge in [-0.3, -0.25) is 4.90 Å². The Labute approximate surface area is 194 Å². The number of hydrogen-bond acceptors (Lipinski definition) is 7. The number of oxime groups is 1. The van der Waals surface area contributed by atoms with Crippen molar-refractivity contribution in [2.24, 2.45) is 5.16 Å². The van der Waals surface area contributed by atoms with Crippen LogP contribution in [0.4, 0.5) is 8.78 Å². The Hall–Kier alpha value is -2.69. The van der Waals surface area contributed by atoms with E-state index in [-0.39, 0.29) is 5.56 Å². The summed E-state index contributed by atoms with van der Waals surface area (Å²) in [6, 6.07) is 5.20. The summed E-state index contributed by atoms with van der Waals surface area (Å²) in [6.45, 7) is 5.47. The second-order valence-corrected chi connectivity index (χ2v) is 9.96. The van der Waals surface area contributed by atoms with Gasteiger partial charge in [0.05, 0.1) is 11.9 Å². The molecule has 33 heavy (non-hydrogen) atoms. The Kier molecular flexibility index (Phi) is 5.54. The molecule has 3 aromatic heterocycles. The first-order valence-corrected chi connectivity index (χ1v) is 11.7. The van der Waals surface area contributed by atoms with Gasteiger partial charge in [-0.05, 0) is 44.9 Å². The average molecular weight is 474 g/mol. The fourth-order valence-electron chi connectivity index (χ4n) is 4.70. The number of rotatable bonds is 4. The number of alkyl halides is 2. The zero-order valence-corrected chi connectivity index (χ0v) is 19.3. The molecule has 1 spiro atoms. The molecule has 0 radical (unpaired) electrons. The van der Waals surface area contributed by atoms with E-state index in [1.165, 1.54) is 17.6 Å². The number of ether oxygens (including phenoxy) is 1. The van der Waals surface area contributed by atoms with Crippen LogP contribution in [0.15, 0.2) is 35.7 Å². The van der Waals surface area contributed by atoms with E-state index in [1.807, 2.05) is 20.0 Å². The number of piperidine rings is 1. The second-order valence-electron chi connectivity index (χ2n) is 8.71. The first kappa shape index (κ1) is 22.1. The highest BCUT2D eigenvalue weighted by Crippen LogP contribution is 2.51. The lowest BCUT2D eigenvalue weighted by molar-refractivity contribution is -0.182. The summed E-state index contributed by atoms with van der Waals surface area (Å²) in [5, 5.41) is 16.6. The van der Waals surface area contributed by atoms with Crippen LogP contribution in [0.5, 0.6) is 0 Å². The summed E-state index contributed by atoms with van der Waals surface area (Å²) in [5.74, 6) is -2.33. The summed E-state index contributed by atoms with van der Waals surface area (Å²) in [6.07, 6.45) is 6.30. The van der Waals surface area contributed by atoms with Crippen molar-refractivity contribution in [3.63, 3.8) is 0 Å². The Morgan fingerprint density at radius 2 is 2.09 bits per heavy atom. The van der Waals surface area contributed by atoms with Gasteiger partial charge in [-0.25, -0.2) is 9.67 Å². The molecule has 5 rings (SSSR count). The Morgan fingerprint density at radius 1 is 1.30 bits per heavy atom. The maximum Gasteiger partial charge on any atom is 0.297 e. The zero-order chi connectivity index (χ0) is 23.2. The number of likely N-dealkylation sites (tertiary alicyclic amines) is 1. The van der Waals surface area contributed by atoms with Crippen LogP contribution >= 0.6 is 11.3 Å². The number of nitrogens with zero attached hydrogens (tertiary/aromatic N) is 5. The summed E-state index contributed by atoms with van der Waals surface area (Å²) in [4.78, 5) is 8.28. The third-order valence-corrected chi connectivity index (χ3v) is 7.72. The van der Waals surface area contributed by atoms with Gasteiger partial charge in [0.25, 0.3) is 5.92 Å². The molecular formula is C23H25F2N5O2S. The topological polar surface area (TPSA) is 75.8 Å². The molecule has 7 nitrogen and oxygen atoms in total. The summed E-state index contributed by atoms with van der Waals surface area (Å²) in [7, 11) is 0. The van der Waals surface area contributed by atoms with Gasteiger partial charge in [0, 0.05) is 58.5 Å². The molecule has 0 atom stereocenters. The third-order valence-electron chi connectivity index (χ3n) is 6.48. The van der Waals surface area contributed by atoms with Crippen molar-refractivity contribution in [3.8, 4) is 5.82 Å². The fraction of sp³-hybridized carbons (Fsp3) is 0.435. The molecule has 2 aliphatic heterocycles. The number of hydrogen-bond donors (Lipinski definition) is 1. The van der Waals surface area contributed by atoms with Gasteiger partial charge in [-0.15, -0.1) is 11.3 Å². The number of halogens is 2. The molecule has 0 amide bonds. The van der Waals surface area contributed by atoms with Gasteiger partial charge in [-0.2, -0.15) is 13.9 Å². The minimum Gasteiger partial charge on any atom is -0.411 e. The van der Waals surface area contributed by atoms with Crippen molar-refractivity contribution in [2.45, 2.75) is 44.8 Å². The quantitative estimate of drug-likeness (QED) is 0.346. The first-order valence-electron chi connectivity index (χ1n) is 10.8.